The fourth-order valence-corrected chi connectivity index (χ4v) is 7.03. The molecule has 1 unspecified atom stereocenters. The first kappa shape index (κ1) is 20.3. The zero-order chi connectivity index (χ0) is 20.9. The Morgan fingerprint density at radius 3 is 2.20 bits per heavy atom. The maximum Gasteiger partial charge on any atom is 0.416 e. The molecular weight excluding hydrogens is 389 g/mol. The van der Waals surface area contributed by atoms with Crippen LogP contribution in [-0.4, -0.2) is 36.5 Å². The molecule has 0 spiro atoms. The van der Waals surface area contributed by atoms with Crippen molar-refractivity contribution in [3.8, 4) is 0 Å². The molecule has 3 nitrogen and oxygen atoms in total. The van der Waals surface area contributed by atoms with Gasteiger partial charge in [-0.25, -0.2) is 0 Å². The standard InChI is InChI=1S/C24H31F3N2O/c25-24(26,27)20-3-1-16(2-4-20)5-7-29-8-6-21(15-29)28-22(30)23-12-17-9-18(13-23)11-19(10-17)14-23/h1-4,17-19,21H,5-15H2,(H,28,30). The SMILES string of the molecule is O=C(NC1CCN(CCc2ccc(C(F)(F)F)cc2)C1)C12CC3CC(CC(C3)C1)C2. The van der Waals surface area contributed by atoms with E-state index in [4.69, 9.17) is 0 Å². The number of likely N-dealkylation sites (tertiary alicyclic amines) is 1. The number of halogens is 3. The molecule has 1 aliphatic heterocycles. The summed E-state index contributed by atoms with van der Waals surface area (Å²) >= 11 is 0. The molecule has 0 aromatic heterocycles. The Balaban J connectivity index is 1.11. The van der Waals surface area contributed by atoms with Crippen LogP contribution in [0.3, 0.4) is 0 Å². The molecular formula is C24H31F3N2O. The summed E-state index contributed by atoms with van der Waals surface area (Å²) in [7, 11) is 0. The lowest BCUT2D eigenvalue weighted by Crippen LogP contribution is -2.55. The summed E-state index contributed by atoms with van der Waals surface area (Å²) in [6.45, 7) is 2.60. The van der Waals surface area contributed by atoms with Crippen LogP contribution in [0.15, 0.2) is 24.3 Å². The topological polar surface area (TPSA) is 32.3 Å². The molecule has 1 saturated heterocycles. The van der Waals surface area contributed by atoms with E-state index in [-0.39, 0.29) is 11.5 Å². The normalized spacial score (nSPS) is 35.7. The molecule has 1 amide bonds. The average Bonchev–Trinajstić information content (AvgIpc) is 3.12. The smallest absolute Gasteiger partial charge is 0.352 e. The van der Waals surface area contributed by atoms with E-state index in [0.717, 1.165) is 87.2 Å². The molecule has 1 N–H and O–H groups in total. The predicted octanol–water partition coefficient (Wildman–Crippen LogP) is 4.65. The molecule has 4 saturated carbocycles. The van der Waals surface area contributed by atoms with Crippen LogP contribution in [0.4, 0.5) is 13.2 Å². The molecule has 164 valence electrons. The van der Waals surface area contributed by atoms with Crippen LogP contribution in [0.25, 0.3) is 0 Å². The highest BCUT2D eigenvalue weighted by molar-refractivity contribution is 5.83. The third-order valence-corrected chi connectivity index (χ3v) is 8.13. The fourth-order valence-electron chi connectivity index (χ4n) is 7.03. The van der Waals surface area contributed by atoms with Crippen molar-refractivity contribution in [3.63, 3.8) is 0 Å². The van der Waals surface area contributed by atoms with E-state index in [0.29, 0.717) is 5.91 Å². The minimum absolute atomic E-state index is 0.0948. The summed E-state index contributed by atoms with van der Waals surface area (Å²) in [5.74, 6) is 2.61. The monoisotopic (exact) mass is 420 g/mol. The molecule has 4 aliphatic carbocycles. The highest BCUT2D eigenvalue weighted by atomic mass is 19.4. The summed E-state index contributed by atoms with van der Waals surface area (Å²) < 4.78 is 38.1. The minimum Gasteiger partial charge on any atom is -0.352 e. The van der Waals surface area contributed by atoms with E-state index in [2.05, 4.69) is 10.2 Å². The molecule has 4 bridgehead atoms. The highest BCUT2D eigenvalue weighted by Crippen LogP contribution is 2.60. The number of hydrogen-bond donors (Lipinski definition) is 1. The van der Waals surface area contributed by atoms with Crippen molar-refractivity contribution in [1.82, 2.24) is 10.2 Å². The number of rotatable bonds is 5. The molecule has 1 aromatic rings. The summed E-state index contributed by atoms with van der Waals surface area (Å²) in [6.07, 6.45) is 4.71. The average molecular weight is 421 g/mol. The molecule has 0 radical (unpaired) electrons. The van der Waals surface area contributed by atoms with Crippen LogP contribution in [0.1, 0.15) is 56.1 Å². The maximum absolute atomic E-state index is 13.2. The predicted molar refractivity (Wildman–Crippen MR) is 109 cm³/mol. The Kier molecular flexibility index (Phi) is 5.11. The molecule has 5 fully saturated rings. The summed E-state index contributed by atoms with van der Waals surface area (Å²) in [6, 6.07) is 5.68. The Bertz CT molecular complexity index is 753. The number of nitrogens with zero attached hydrogens (tertiary/aromatic N) is 1. The van der Waals surface area contributed by atoms with E-state index in [9.17, 15) is 18.0 Å². The first-order valence-corrected chi connectivity index (χ1v) is 11.5. The van der Waals surface area contributed by atoms with Crippen LogP contribution < -0.4 is 5.32 Å². The van der Waals surface area contributed by atoms with Crippen molar-refractivity contribution >= 4 is 5.91 Å². The molecule has 1 atom stereocenters. The number of hydrogen-bond acceptors (Lipinski definition) is 2. The van der Waals surface area contributed by atoms with Gasteiger partial charge in [-0.1, -0.05) is 12.1 Å². The van der Waals surface area contributed by atoms with Crippen LogP contribution in [-0.2, 0) is 17.4 Å². The number of nitrogens with one attached hydrogen (secondary N) is 1. The first-order chi connectivity index (χ1) is 14.3. The lowest BCUT2D eigenvalue weighted by atomic mass is 9.49. The van der Waals surface area contributed by atoms with Gasteiger partial charge in [0.15, 0.2) is 0 Å². The van der Waals surface area contributed by atoms with Crippen molar-refractivity contribution in [2.24, 2.45) is 23.2 Å². The van der Waals surface area contributed by atoms with Gasteiger partial charge in [0.1, 0.15) is 0 Å². The van der Waals surface area contributed by atoms with Gasteiger partial charge in [0.2, 0.25) is 5.91 Å². The lowest BCUT2D eigenvalue weighted by Gasteiger charge is -2.55. The van der Waals surface area contributed by atoms with Gasteiger partial charge < -0.3 is 10.2 Å². The quantitative estimate of drug-likeness (QED) is 0.752. The number of carbonyl (C=O) groups excluding carboxylic acids is 1. The fraction of sp³-hybridized carbons (Fsp3) is 0.708. The van der Waals surface area contributed by atoms with E-state index in [1.165, 1.54) is 19.3 Å². The Labute approximate surface area is 176 Å². The van der Waals surface area contributed by atoms with Crippen LogP contribution in [0, 0.1) is 23.2 Å². The van der Waals surface area contributed by atoms with Crippen molar-refractivity contribution < 1.29 is 18.0 Å². The zero-order valence-corrected chi connectivity index (χ0v) is 17.4. The van der Waals surface area contributed by atoms with Gasteiger partial charge in [-0.2, -0.15) is 13.2 Å². The Morgan fingerprint density at radius 2 is 1.63 bits per heavy atom. The van der Waals surface area contributed by atoms with Crippen LogP contribution >= 0.6 is 0 Å². The molecule has 30 heavy (non-hydrogen) atoms. The van der Waals surface area contributed by atoms with Crippen LogP contribution in [0.5, 0.6) is 0 Å². The summed E-state index contributed by atoms with van der Waals surface area (Å²) in [5.41, 5.74) is 0.228. The lowest BCUT2D eigenvalue weighted by molar-refractivity contribution is -0.147. The van der Waals surface area contributed by atoms with Crippen molar-refractivity contribution in [3.05, 3.63) is 35.4 Å². The molecule has 5 aliphatic rings. The van der Waals surface area contributed by atoms with Gasteiger partial charge in [-0.05, 0) is 86.8 Å². The first-order valence-electron chi connectivity index (χ1n) is 11.5. The minimum atomic E-state index is -4.28. The van der Waals surface area contributed by atoms with Gasteiger partial charge in [-0.3, -0.25) is 4.79 Å². The van der Waals surface area contributed by atoms with Gasteiger partial charge in [-0.15, -0.1) is 0 Å². The van der Waals surface area contributed by atoms with Gasteiger partial charge in [0.05, 0.1) is 5.56 Å². The summed E-state index contributed by atoms with van der Waals surface area (Å²) in [5, 5.41) is 3.38. The third-order valence-electron chi connectivity index (χ3n) is 8.13. The molecule has 6 heteroatoms. The van der Waals surface area contributed by atoms with E-state index < -0.39 is 11.7 Å². The number of benzene rings is 1. The molecule has 1 aromatic carbocycles. The van der Waals surface area contributed by atoms with Crippen molar-refractivity contribution in [2.75, 3.05) is 19.6 Å². The number of carbonyl (C=O) groups is 1. The second-order valence-electron chi connectivity index (χ2n) is 10.4. The number of amides is 1. The van der Waals surface area contributed by atoms with Gasteiger partial charge >= 0.3 is 6.18 Å². The van der Waals surface area contributed by atoms with E-state index in [1.54, 1.807) is 12.1 Å². The van der Waals surface area contributed by atoms with Gasteiger partial charge in [0, 0.05) is 31.1 Å². The second-order valence-corrected chi connectivity index (χ2v) is 10.4. The summed E-state index contributed by atoms with van der Waals surface area (Å²) in [4.78, 5) is 15.6. The van der Waals surface area contributed by atoms with E-state index in [1.807, 2.05) is 0 Å². The second kappa shape index (κ2) is 7.54. The Morgan fingerprint density at radius 1 is 1.03 bits per heavy atom. The third kappa shape index (κ3) is 4.00. The highest BCUT2D eigenvalue weighted by Gasteiger charge is 2.54. The van der Waals surface area contributed by atoms with Crippen LogP contribution in [0.2, 0.25) is 0 Å². The maximum atomic E-state index is 13.2. The largest absolute Gasteiger partial charge is 0.416 e. The molecule has 1 heterocycles. The van der Waals surface area contributed by atoms with E-state index >= 15 is 0 Å². The zero-order valence-electron chi connectivity index (χ0n) is 17.4. The van der Waals surface area contributed by atoms with Gasteiger partial charge in [0.25, 0.3) is 0 Å². The van der Waals surface area contributed by atoms with Crippen molar-refractivity contribution in [1.29, 1.82) is 0 Å². The van der Waals surface area contributed by atoms with Crippen molar-refractivity contribution in [2.45, 2.75) is 63.6 Å². The molecule has 6 rings (SSSR count). The Hall–Kier alpha value is -1.56. The number of alkyl halides is 3.